The summed E-state index contributed by atoms with van der Waals surface area (Å²) in [6.07, 6.45) is 6.59. The van der Waals surface area contributed by atoms with E-state index in [-0.39, 0.29) is 5.82 Å². The molecule has 24 heavy (non-hydrogen) atoms. The normalized spacial score (nSPS) is 28.0. The summed E-state index contributed by atoms with van der Waals surface area (Å²) in [7, 11) is 1.85. The molecule has 0 radical (unpaired) electrons. The van der Waals surface area contributed by atoms with Gasteiger partial charge in [0.2, 0.25) is 0 Å². The lowest BCUT2D eigenvalue weighted by molar-refractivity contribution is -0.0368. The summed E-state index contributed by atoms with van der Waals surface area (Å²) < 4.78 is 19.8. The average Bonchev–Trinajstić information content (AvgIpc) is 2.97. The first-order valence-corrected chi connectivity index (χ1v) is 8.99. The third-order valence-corrected chi connectivity index (χ3v) is 5.91. The lowest BCUT2D eigenvalue weighted by Gasteiger charge is -2.43. The predicted molar refractivity (Wildman–Crippen MR) is 93.3 cm³/mol. The van der Waals surface area contributed by atoms with Crippen molar-refractivity contribution in [3.63, 3.8) is 0 Å². The van der Waals surface area contributed by atoms with E-state index < -0.39 is 0 Å². The molecule has 128 valence electrons. The molecule has 1 spiro atoms. The van der Waals surface area contributed by atoms with Crippen LogP contribution in [0.5, 0.6) is 0 Å². The molecule has 1 aliphatic carbocycles. The molecule has 2 heterocycles. The second-order valence-corrected chi connectivity index (χ2v) is 7.41. The average molecular weight is 328 g/mol. The van der Waals surface area contributed by atoms with Crippen LogP contribution in [0.4, 0.5) is 4.39 Å². The molecular formula is C20H25FN2O. The molecule has 0 N–H and O–H groups in total. The summed E-state index contributed by atoms with van der Waals surface area (Å²) in [5.41, 5.74) is 1.75. The largest absolute Gasteiger partial charge is 0.381 e. The second-order valence-electron chi connectivity index (χ2n) is 7.41. The Bertz CT molecular complexity index is 735. The number of para-hydroxylation sites is 1. The van der Waals surface area contributed by atoms with Crippen LogP contribution >= 0.6 is 0 Å². The fraction of sp³-hybridized carbons (Fsp3) is 0.550. The maximum Gasteiger partial charge on any atom is 0.149 e. The van der Waals surface area contributed by atoms with Crippen molar-refractivity contribution in [3.8, 4) is 0 Å². The van der Waals surface area contributed by atoms with E-state index in [1.165, 1.54) is 38.2 Å². The minimum absolute atomic E-state index is 0.236. The zero-order chi connectivity index (χ0) is 16.6. The first kappa shape index (κ1) is 16.0. The van der Waals surface area contributed by atoms with E-state index in [1.54, 1.807) is 6.07 Å². The molecular weight excluding hydrogens is 303 g/mol. The maximum atomic E-state index is 14.0. The Hall–Kier alpha value is -1.52. The zero-order valence-electron chi connectivity index (χ0n) is 14.3. The van der Waals surface area contributed by atoms with Crippen molar-refractivity contribution in [2.45, 2.75) is 44.8 Å². The van der Waals surface area contributed by atoms with Gasteiger partial charge in [-0.05, 0) is 44.4 Å². The highest BCUT2D eigenvalue weighted by atomic mass is 19.1. The number of aromatic nitrogens is 1. The maximum absolute atomic E-state index is 14.0. The fourth-order valence-electron chi connectivity index (χ4n) is 4.80. The van der Waals surface area contributed by atoms with E-state index in [2.05, 4.69) is 9.88 Å². The van der Waals surface area contributed by atoms with E-state index in [0.29, 0.717) is 17.0 Å². The molecule has 4 rings (SSSR count). The number of nitrogens with zero attached hydrogens (tertiary/aromatic N) is 2. The highest BCUT2D eigenvalue weighted by molar-refractivity contribution is 5.79. The Kier molecular flexibility index (Phi) is 4.27. The van der Waals surface area contributed by atoms with E-state index in [1.807, 2.05) is 25.3 Å². The topological polar surface area (TPSA) is 25.4 Å². The smallest absolute Gasteiger partial charge is 0.149 e. The van der Waals surface area contributed by atoms with Crippen molar-refractivity contribution >= 4 is 10.9 Å². The fourth-order valence-corrected chi connectivity index (χ4v) is 4.80. The minimum atomic E-state index is -0.236. The molecule has 2 aliphatic rings. The van der Waals surface area contributed by atoms with Gasteiger partial charge in [0, 0.05) is 31.0 Å². The number of ether oxygens (including phenoxy) is 1. The van der Waals surface area contributed by atoms with Crippen molar-refractivity contribution in [2.24, 2.45) is 5.41 Å². The molecule has 3 nitrogen and oxygen atoms in total. The van der Waals surface area contributed by atoms with Crippen molar-refractivity contribution < 1.29 is 9.13 Å². The van der Waals surface area contributed by atoms with Crippen LogP contribution in [0.25, 0.3) is 10.9 Å². The van der Waals surface area contributed by atoms with Gasteiger partial charge in [-0.2, -0.15) is 0 Å². The Balaban J connectivity index is 1.54. The number of hydrogen-bond donors (Lipinski definition) is 0. The summed E-state index contributed by atoms with van der Waals surface area (Å²) in [5, 5.41) is 0.865. The van der Waals surface area contributed by atoms with Gasteiger partial charge in [0.25, 0.3) is 0 Å². The standard InChI is InChI=1S/C20H25FN2O/c1-24-18-7-3-10-20(18)11-4-12-23(14-20)13-16-9-8-15-5-2-6-17(21)19(15)22-16/h2,5-6,8-9,18H,3-4,7,10-14H2,1H3/t18-,20+/m1/s1. The van der Waals surface area contributed by atoms with Gasteiger partial charge >= 0.3 is 0 Å². The summed E-state index contributed by atoms with van der Waals surface area (Å²) in [5.74, 6) is -0.236. The molecule has 0 bridgehead atoms. The van der Waals surface area contributed by atoms with Gasteiger partial charge in [-0.3, -0.25) is 4.90 Å². The number of piperidine rings is 1. The quantitative estimate of drug-likeness (QED) is 0.846. The van der Waals surface area contributed by atoms with E-state index in [9.17, 15) is 4.39 Å². The predicted octanol–water partition coefficient (Wildman–Crippen LogP) is 4.16. The molecule has 1 aromatic carbocycles. The van der Waals surface area contributed by atoms with Crippen LogP contribution in [-0.2, 0) is 11.3 Å². The molecule has 0 unspecified atom stereocenters. The highest BCUT2D eigenvalue weighted by Crippen LogP contribution is 2.46. The molecule has 2 fully saturated rings. The Labute approximate surface area is 142 Å². The van der Waals surface area contributed by atoms with Gasteiger partial charge in [-0.1, -0.05) is 24.6 Å². The number of halogens is 1. The Morgan fingerprint density at radius 1 is 1.25 bits per heavy atom. The first-order valence-electron chi connectivity index (χ1n) is 8.99. The molecule has 0 amide bonds. The lowest BCUT2D eigenvalue weighted by atomic mass is 9.76. The zero-order valence-corrected chi connectivity index (χ0v) is 14.3. The van der Waals surface area contributed by atoms with Crippen LogP contribution in [0.2, 0.25) is 0 Å². The second kappa shape index (κ2) is 6.41. The third kappa shape index (κ3) is 2.82. The van der Waals surface area contributed by atoms with Gasteiger partial charge < -0.3 is 4.74 Å². The Morgan fingerprint density at radius 2 is 2.12 bits per heavy atom. The van der Waals surface area contributed by atoms with Crippen molar-refractivity contribution in [1.29, 1.82) is 0 Å². The third-order valence-electron chi connectivity index (χ3n) is 5.91. The van der Waals surface area contributed by atoms with Crippen LogP contribution < -0.4 is 0 Å². The summed E-state index contributed by atoms with van der Waals surface area (Å²) in [6, 6.07) is 9.14. The number of benzene rings is 1. The SMILES string of the molecule is CO[C@@H]1CCC[C@@]12CCCN(Cc1ccc3cccc(F)c3n1)C2. The van der Waals surface area contributed by atoms with Crippen molar-refractivity contribution in [2.75, 3.05) is 20.2 Å². The molecule has 1 aromatic heterocycles. The van der Waals surface area contributed by atoms with Crippen molar-refractivity contribution in [1.82, 2.24) is 9.88 Å². The van der Waals surface area contributed by atoms with Crippen LogP contribution in [0.1, 0.15) is 37.8 Å². The van der Waals surface area contributed by atoms with Gasteiger partial charge in [0.05, 0.1) is 11.8 Å². The molecule has 1 saturated heterocycles. The number of fused-ring (bicyclic) bond motifs is 1. The molecule has 2 aromatic rings. The van der Waals surface area contributed by atoms with Gasteiger partial charge in [0.15, 0.2) is 0 Å². The molecule has 2 atom stereocenters. The van der Waals surface area contributed by atoms with Gasteiger partial charge in [-0.25, -0.2) is 9.37 Å². The molecule has 1 aliphatic heterocycles. The summed E-state index contributed by atoms with van der Waals surface area (Å²) in [4.78, 5) is 7.06. The van der Waals surface area contributed by atoms with Gasteiger partial charge in [-0.15, -0.1) is 0 Å². The summed E-state index contributed by atoms with van der Waals surface area (Å²) in [6.45, 7) is 2.96. The summed E-state index contributed by atoms with van der Waals surface area (Å²) >= 11 is 0. The number of likely N-dealkylation sites (tertiary alicyclic amines) is 1. The van der Waals surface area contributed by atoms with E-state index in [4.69, 9.17) is 4.74 Å². The number of pyridine rings is 1. The first-order chi connectivity index (χ1) is 11.7. The number of methoxy groups -OCH3 is 1. The van der Waals surface area contributed by atoms with E-state index >= 15 is 0 Å². The Morgan fingerprint density at radius 3 is 3.00 bits per heavy atom. The van der Waals surface area contributed by atoms with Crippen molar-refractivity contribution in [3.05, 3.63) is 41.8 Å². The van der Waals surface area contributed by atoms with Crippen LogP contribution in [-0.4, -0.2) is 36.2 Å². The minimum Gasteiger partial charge on any atom is -0.381 e. The monoisotopic (exact) mass is 328 g/mol. The number of rotatable bonds is 3. The van der Waals surface area contributed by atoms with E-state index in [0.717, 1.165) is 30.7 Å². The molecule has 4 heteroatoms. The highest BCUT2D eigenvalue weighted by Gasteiger charge is 2.45. The lowest BCUT2D eigenvalue weighted by Crippen LogP contribution is -2.47. The molecule has 1 saturated carbocycles. The van der Waals surface area contributed by atoms with Crippen LogP contribution in [0.3, 0.4) is 0 Å². The van der Waals surface area contributed by atoms with Crippen LogP contribution in [0.15, 0.2) is 30.3 Å². The van der Waals surface area contributed by atoms with Gasteiger partial charge in [0.1, 0.15) is 11.3 Å². The number of hydrogen-bond acceptors (Lipinski definition) is 3. The van der Waals surface area contributed by atoms with Crippen LogP contribution in [0, 0.1) is 11.2 Å².